The number of hydrazine groups is 1. The fourth-order valence-corrected chi connectivity index (χ4v) is 3.84. The van der Waals surface area contributed by atoms with Crippen molar-refractivity contribution in [1.29, 1.82) is 0 Å². The summed E-state index contributed by atoms with van der Waals surface area (Å²) >= 11 is 0. The smallest absolute Gasteiger partial charge is 0.123 e. The first-order chi connectivity index (χ1) is 9.55. The summed E-state index contributed by atoms with van der Waals surface area (Å²) in [5, 5.41) is 0. The average Bonchev–Trinajstić information content (AvgIpc) is 2.40. The Morgan fingerprint density at radius 1 is 1.20 bits per heavy atom. The minimum absolute atomic E-state index is 0.177. The Bertz CT molecular complexity index is 437. The zero-order valence-corrected chi connectivity index (χ0v) is 13.1. The molecule has 0 bridgehead atoms. The van der Waals surface area contributed by atoms with E-state index in [2.05, 4.69) is 44.4 Å². The molecular formula is C17H28N2O. The van der Waals surface area contributed by atoms with Crippen LogP contribution in [-0.2, 0) is 0 Å². The van der Waals surface area contributed by atoms with E-state index in [-0.39, 0.29) is 6.04 Å². The van der Waals surface area contributed by atoms with Crippen LogP contribution in [0, 0.1) is 24.7 Å². The maximum Gasteiger partial charge on any atom is 0.123 e. The summed E-state index contributed by atoms with van der Waals surface area (Å²) in [6.45, 7) is 6.78. The van der Waals surface area contributed by atoms with Crippen LogP contribution in [0.1, 0.15) is 50.3 Å². The number of hydrogen-bond donors (Lipinski definition) is 2. The zero-order chi connectivity index (χ0) is 14.7. The summed E-state index contributed by atoms with van der Waals surface area (Å²) in [7, 11) is 1.73. The van der Waals surface area contributed by atoms with E-state index in [4.69, 9.17) is 10.6 Å². The summed E-state index contributed by atoms with van der Waals surface area (Å²) in [5.74, 6) is 8.95. The maximum atomic E-state index is 5.88. The highest BCUT2D eigenvalue weighted by Crippen LogP contribution is 2.41. The number of aryl methyl sites for hydroxylation is 1. The van der Waals surface area contributed by atoms with Gasteiger partial charge in [-0.15, -0.1) is 0 Å². The van der Waals surface area contributed by atoms with Crippen LogP contribution in [-0.4, -0.2) is 7.11 Å². The van der Waals surface area contributed by atoms with Gasteiger partial charge in [-0.05, 0) is 55.6 Å². The Labute approximate surface area is 122 Å². The standard InChI is InChI=1S/C17H28N2O/c1-11-5-6-15(16(10-11)20-4)17(19-18)14-8-12(2)7-13(3)9-14/h5-6,10,12-14,17,19H,7-9,18H2,1-4H3. The third kappa shape index (κ3) is 3.33. The molecule has 0 saturated heterocycles. The quantitative estimate of drug-likeness (QED) is 0.652. The van der Waals surface area contributed by atoms with Gasteiger partial charge in [-0.1, -0.05) is 26.0 Å². The summed E-state index contributed by atoms with van der Waals surface area (Å²) in [4.78, 5) is 0. The van der Waals surface area contributed by atoms with Gasteiger partial charge >= 0.3 is 0 Å². The maximum absolute atomic E-state index is 5.88. The Hall–Kier alpha value is -1.06. The Morgan fingerprint density at radius 3 is 2.40 bits per heavy atom. The van der Waals surface area contributed by atoms with Crippen molar-refractivity contribution in [3.63, 3.8) is 0 Å². The number of rotatable bonds is 4. The molecule has 1 fully saturated rings. The summed E-state index contributed by atoms with van der Waals surface area (Å²) < 4.78 is 5.56. The third-order valence-corrected chi connectivity index (χ3v) is 4.59. The van der Waals surface area contributed by atoms with Crippen LogP contribution in [0.25, 0.3) is 0 Å². The number of benzene rings is 1. The molecular weight excluding hydrogens is 248 g/mol. The number of ether oxygens (including phenoxy) is 1. The fraction of sp³-hybridized carbons (Fsp3) is 0.647. The molecule has 1 aromatic rings. The van der Waals surface area contributed by atoms with Crippen LogP contribution in [0.4, 0.5) is 0 Å². The van der Waals surface area contributed by atoms with Crippen molar-refractivity contribution in [2.45, 2.75) is 46.1 Å². The minimum atomic E-state index is 0.177. The molecule has 0 spiro atoms. The van der Waals surface area contributed by atoms with E-state index in [1.165, 1.54) is 30.4 Å². The first-order valence-electron chi connectivity index (χ1n) is 7.65. The lowest BCUT2D eigenvalue weighted by Gasteiger charge is -2.36. The van der Waals surface area contributed by atoms with Crippen molar-refractivity contribution in [3.05, 3.63) is 29.3 Å². The van der Waals surface area contributed by atoms with Crippen LogP contribution in [0.5, 0.6) is 5.75 Å². The number of nitrogens with two attached hydrogens (primary N) is 1. The van der Waals surface area contributed by atoms with Crippen molar-refractivity contribution in [3.8, 4) is 5.75 Å². The van der Waals surface area contributed by atoms with Gasteiger partial charge in [0.25, 0.3) is 0 Å². The number of hydrogen-bond acceptors (Lipinski definition) is 3. The van der Waals surface area contributed by atoms with E-state index in [1.54, 1.807) is 7.11 Å². The Morgan fingerprint density at radius 2 is 1.85 bits per heavy atom. The molecule has 3 N–H and O–H groups in total. The third-order valence-electron chi connectivity index (χ3n) is 4.59. The fourth-order valence-electron chi connectivity index (χ4n) is 3.84. The summed E-state index contributed by atoms with van der Waals surface area (Å²) in [6.07, 6.45) is 3.80. The lowest BCUT2D eigenvalue weighted by Crippen LogP contribution is -2.37. The van der Waals surface area contributed by atoms with Gasteiger partial charge in [0.2, 0.25) is 0 Å². The molecule has 0 heterocycles. The summed E-state index contributed by atoms with van der Waals surface area (Å²) in [6, 6.07) is 6.56. The normalized spacial score (nSPS) is 28.1. The van der Waals surface area contributed by atoms with Crippen LogP contribution in [0.2, 0.25) is 0 Å². The van der Waals surface area contributed by atoms with E-state index >= 15 is 0 Å². The van der Waals surface area contributed by atoms with E-state index in [0.717, 1.165) is 17.6 Å². The Kier molecular flexibility index (Phi) is 5.06. The molecule has 1 aromatic carbocycles. The highest BCUT2D eigenvalue weighted by Gasteiger charge is 2.31. The second-order valence-corrected chi connectivity index (χ2v) is 6.57. The van der Waals surface area contributed by atoms with E-state index in [0.29, 0.717) is 5.92 Å². The highest BCUT2D eigenvalue weighted by molar-refractivity contribution is 5.39. The molecule has 20 heavy (non-hydrogen) atoms. The van der Waals surface area contributed by atoms with Gasteiger partial charge in [-0.3, -0.25) is 11.3 Å². The van der Waals surface area contributed by atoms with Crippen LogP contribution in [0.3, 0.4) is 0 Å². The largest absolute Gasteiger partial charge is 0.496 e. The molecule has 0 aromatic heterocycles. The molecule has 1 aliphatic carbocycles. The van der Waals surface area contributed by atoms with Gasteiger partial charge < -0.3 is 4.74 Å². The predicted molar refractivity (Wildman–Crippen MR) is 83.5 cm³/mol. The molecule has 112 valence electrons. The van der Waals surface area contributed by atoms with Crippen molar-refractivity contribution in [2.75, 3.05) is 7.11 Å². The monoisotopic (exact) mass is 276 g/mol. The predicted octanol–water partition coefficient (Wildman–Crippen LogP) is 3.58. The second-order valence-electron chi connectivity index (χ2n) is 6.57. The van der Waals surface area contributed by atoms with E-state index < -0.39 is 0 Å². The second kappa shape index (κ2) is 6.59. The first kappa shape index (κ1) is 15.3. The van der Waals surface area contributed by atoms with Crippen molar-refractivity contribution in [1.82, 2.24) is 5.43 Å². The van der Waals surface area contributed by atoms with Crippen molar-refractivity contribution < 1.29 is 4.74 Å². The van der Waals surface area contributed by atoms with Crippen LogP contribution >= 0.6 is 0 Å². The average molecular weight is 276 g/mol. The molecule has 0 amide bonds. The molecule has 2 rings (SSSR count). The topological polar surface area (TPSA) is 47.3 Å². The van der Waals surface area contributed by atoms with Gasteiger partial charge in [0.05, 0.1) is 13.2 Å². The molecule has 3 unspecified atom stereocenters. The first-order valence-corrected chi connectivity index (χ1v) is 7.65. The molecule has 0 aliphatic heterocycles. The lowest BCUT2D eigenvalue weighted by atomic mass is 9.72. The SMILES string of the molecule is COc1cc(C)ccc1C(NN)C1CC(C)CC(C)C1. The van der Waals surface area contributed by atoms with Crippen molar-refractivity contribution >= 4 is 0 Å². The minimum Gasteiger partial charge on any atom is -0.496 e. The zero-order valence-electron chi connectivity index (χ0n) is 13.1. The Balaban J connectivity index is 2.27. The summed E-state index contributed by atoms with van der Waals surface area (Å²) in [5.41, 5.74) is 5.44. The lowest BCUT2D eigenvalue weighted by molar-refractivity contribution is 0.175. The van der Waals surface area contributed by atoms with Gasteiger partial charge in [-0.25, -0.2) is 0 Å². The van der Waals surface area contributed by atoms with E-state index in [9.17, 15) is 0 Å². The highest BCUT2D eigenvalue weighted by atomic mass is 16.5. The molecule has 0 radical (unpaired) electrons. The number of nitrogens with one attached hydrogen (secondary N) is 1. The van der Waals surface area contributed by atoms with E-state index in [1.807, 2.05) is 0 Å². The van der Waals surface area contributed by atoms with Crippen molar-refractivity contribution in [2.24, 2.45) is 23.6 Å². The number of methoxy groups -OCH3 is 1. The molecule has 1 aliphatic rings. The van der Waals surface area contributed by atoms with Gasteiger partial charge in [0, 0.05) is 5.56 Å². The van der Waals surface area contributed by atoms with Crippen LogP contribution < -0.4 is 16.0 Å². The van der Waals surface area contributed by atoms with Gasteiger partial charge in [0.1, 0.15) is 5.75 Å². The van der Waals surface area contributed by atoms with Gasteiger partial charge in [0.15, 0.2) is 0 Å². The van der Waals surface area contributed by atoms with Gasteiger partial charge in [-0.2, -0.15) is 0 Å². The molecule has 3 atom stereocenters. The molecule has 1 saturated carbocycles. The molecule has 3 nitrogen and oxygen atoms in total. The molecule has 3 heteroatoms. The van der Waals surface area contributed by atoms with Crippen LogP contribution in [0.15, 0.2) is 18.2 Å².